The zero-order chi connectivity index (χ0) is 10.9. The third kappa shape index (κ3) is 1.85. The van der Waals surface area contributed by atoms with E-state index in [1.54, 1.807) is 7.11 Å². The molecule has 1 rings (SSSR count). The van der Waals surface area contributed by atoms with E-state index in [9.17, 15) is 4.79 Å². The Morgan fingerprint density at radius 1 is 1.50 bits per heavy atom. The average Bonchev–Trinajstić information content (AvgIpc) is 2.48. The van der Waals surface area contributed by atoms with E-state index in [2.05, 4.69) is 9.97 Å². The molecular formula is C10H16N2O2. The lowest BCUT2D eigenvalue weighted by Gasteiger charge is -2.22. The fourth-order valence-electron chi connectivity index (χ4n) is 1.28. The minimum Gasteiger partial charge on any atom is -0.373 e. The van der Waals surface area contributed by atoms with Crippen LogP contribution >= 0.6 is 0 Å². The molecule has 0 unspecified atom stereocenters. The van der Waals surface area contributed by atoms with Crippen molar-refractivity contribution < 1.29 is 9.53 Å². The number of H-pyrrole nitrogens is 1. The largest absolute Gasteiger partial charge is 0.373 e. The molecule has 0 aliphatic rings. The van der Waals surface area contributed by atoms with Crippen LogP contribution in [0.1, 0.15) is 42.8 Å². The molecule has 1 aromatic heterocycles. The third-order valence-corrected chi connectivity index (χ3v) is 2.27. The van der Waals surface area contributed by atoms with Crippen LogP contribution in [-0.4, -0.2) is 22.9 Å². The molecule has 0 spiro atoms. The number of nitrogens with one attached hydrogen (secondary N) is 1. The molecule has 0 saturated heterocycles. The van der Waals surface area contributed by atoms with E-state index >= 15 is 0 Å². The molecule has 4 heteroatoms. The summed E-state index contributed by atoms with van der Waals surface area (Å²) in [6.45, 7) is 7.12. The molecule has 0 fully saturated rings. The summed E-state index contributed by atoms with van der Waals surface area (Å²) in [6, 6.07) is 0. The highest BCUT2D eigenvalue weighted by Gasteiger charge is 2.27. The molecule has 1 N–H and O–H groups in total. The summed E-state index contributed by atoms with van der Waals surface area (Å²) in [6.07, 6.45) is 0. The number of nitrogens with zero attached hydrogens (tertiary/aromatic N) is 1. The normalized spacial score (nSPS) is 11.8. The second-order valence-corrected chi connectivity index (χ2v) is 3.82. The molecule has 1 aromatic rings. The number of carbonyl (C=O) groups is 1. The van der Waals surface area contributed by atoms with Crippen molar-refractivity contribution in [2.75, 3.05) is 7.11 Å². The fraction of sp³-hybridized carbons (Fsp3) is 0.600. The molecule has 14 heavy (non-hydrogen) atoms. The lowest BCUT2D eigenvalue weighted by atomic mass is 10.0. The first-order valence-electron chi connectivity index (χ1n) is 4.51. The third-order valence-electron chi connectivity index (χ3n) is 2.27. The molecule has 0 amide bonds. The molecule has 0 bridgehead atoms. The maximum absolute atomic E-state index is 11.3. The summed E-state index contributed by atoms with van der Waals surface area (Å²) >= 11 is 0. The molecule has 1 heterocycles. The molecule has 0 atom stereocenters. The number of hydrogen-bond acceptors (Lipinski definition) is 3. The van der Waals surface area contributed by atoms with E-state index in [1.165, 1.54) is 6.92 Å². The van der Waals surface area contributed by atoms with Crippen LogP contribution in [0.5, 0.6) is 0 Å². The van der Waals surface area contributed by atoms with E-state index in [-0.39, 0.29) is 5.78 Å². The van der Waals surface area contributed by atoms with Gasteiger partial charge in [-0.3, -0.25) is 4.79 Å². The Morgan fingerprint density at radius 2 is 2.07 bits per heavy atom. The highest BCUT2D eigenvalue weighted by molar-refractivity contribution is 5.93. The SMILES string of the molecule is COC(C)(C)c1[nH]c(C)nc1C(C)=O. The van der Waals surface area contributed by atoms with Gasteiger partial charge in [-0.25, -0.2) is 4.98 Å². The minimum absolute atomic E-state index is 0.0468. The fourth-order valence-corrected chi connectivity index (χ4v) is 1.28. The van der Waals surface area contributed by atoms with Gasteiger partial charge in [-0.2, -0.15) is 0 Å². The van der Waals surface area contributed by atoms with Crippen LogP contribution < -0.4 is 0 Å². The molecular weight excluding hydrogens is 180 g/mol. The summed E-state index contributed by atoms with van der Waals surface area (Å²) < 4.78 is 5.30. The summed E-state index contributed by atoms with van der Waals surface area (Å²) in [5.41, 5.74) is 0.696. The predicted octanol–water partition coefficient (Wildman–Crippen LogP) is 1.80. The molecule has 0 aliphatic carbocycles. The first-order chi connectivity index (χ1) is 6.38. The topological polar surface area (TPSA) is 55.0 Å². The van der Waals surface area contributed by atoms with Gasteiger partial charge < -0.3 is 9.72 Å². The number of ketones is 1. The van der Waals surface area contributed by atoms with Crippen LogP contribution in [0.3, 0.4) is 0 Å². The highest BCUT2D eigenvalue weighted by atomic mass is 16.5. The maximum atomic E-state index is 11.3. The van der Waals surface area contributed by atoms with Gasteiger partial charge in [0.25, 0.3) is 0 Å². The van der Waals surface area contributed by atoms with Crippen molar-refractivity contribution in [1.29, 1.82) is 0 Å². The van der Waals surface area contributed by atoms with Crippen LogP contribution in [0.2, 0.25) is 0 Å². The number of methoxy groups -OCH3 is 1. The zero-order valence-corrected chi connectivity index (χ0v) is 9.26. The van der Waals surface area contributed by atoms with Gasteiger partial charge in [-0.05, 0) is 20.8 Å². The van der Waals surface area contributed by atoms with Crippen molar-refractivity contribution in [3.8, 4) is 0 Å². The van der Waals surface area contributed by atoms with Crippen molar-refractivity contribution in [2.24, 2.45) is 0 Å². The van der Waals surface area contributed by atoms with Gasteiger partial charge in [0, 0.05) is 14.0 Å². The van der Waals surface area contributed by atoms with Gasteiger partial charge in [-0.15, -0.1) is 0 Å². The number of rotatable bonds is 3. The molecule has 0 saturated carbocycles. The summed E-state index contributed by atoms with van der Waals surface area (Å²) in [5, 5.41) is 0. The summed E-state index contributed by atoms with van der Waals surface area (Å²) in [5.74, 6) is 0.685. The second kappa shape index (κ2) is 3.53. The molecule has 0 aromatic carbocycles. The van der Waals surface area contributed by atoms with Gasteiger partial charge in [0.2, 0.25) is 0 Å². The van der Waals surface area contributed by atoms with E-state index in [1.807, 2.05) is 20.8 Å². The van der Waals surface area contributed by atoms with Crippen molar-refractivity contribution in [3.05, 3.63) is 17.2 Å². The van der Waals surface area contributed by atoms with Crippen molar-refractivity contribution in [3.63, 3.8) is 0 Å². The standard InChI is InChI=1S/C10H16N2O2/c1-6(13)8-9(10(3,4)14-5)12-7(2)11-8/h1-5H3,(H,11,12). The summed E-state index contributed by atoms with van der Waals surface area (Å²) in [4.78, 5) is 18.5. The number of hydrogen-bond donors (Lipinski definition) is 1. The minimum atomic E-state index is -0.512. The number of carbonyl (C=O) groups excluding carboxylic acids is 1. The Balaban J connectivity index is 3.26. The Morgan fingerprint density at radius 3 is 2.50 bits per heavy atom. The van der Waals surface area contributed by atoms with Crippen LogP contribution in [0.15, 0.2) is 0 Å². The van der Waals surface area contributed by atoms with Crippen LogP contribution in [0, 0.1) is 6.92 Å². The Kier molecular flexibility index (Phi) is 2.76. The van der Waals surface area contributed by atoms with Gasteiger partial charge in [0.1, 0.15) is 17.1 Å². The molecule has 0 radical (unpaired) electrons. The number of aromatic nitrogens is 2. The zero-order valence-electron chi connectivity index (χ0n) is 9.26. The number of Topliss-reactive ketones (excluding diaryl/α,β-unsaturated/α-hetero) is 1. The van der Waals surface area contributed by atoms with Gasteiger partial charge in [0.05, 0.1) is 5.69 Å². The van der Waals surface area contributed by atoms with Crippen LogP contribution in [-0.2, 0) is 10.3 Å². The summed E-state index contributed by atoms with van der Waals surface area (Å²) in [7, 11) is 1.61. The van der Waals surface area contributed by atoms with Gasteiger partial charge in [-0.1, -0.05) is 0 Å². The quantitative estimate of drug-likeness (QED) is 0.750. The number of aromatic amines is 1. The van der Waals surface area contributed by atoms with E-state index in [4.69, 9.17) is 4.74 Å². The average molecular weight is 196 g/mol. The monoisotopic (exact) mass is 196 g/mol. The van der Waals surface area contributed by atoms with Crippen molar-refractivity contribution in [1.82, 2.24) is 9.97 Å². The van der Waals surface area contributed by atoms with Crippen molar-refractivity contribution in [2.45, 2.75) is 33.3 Å². The molecule has 78 valence electrons. The van der Waals surface area contributed by atoms with E-state index < -0.39 is 5.60 Å². The number of imidazole rings is 1. The number of aryl methyl sites for hydroxylation is 1. The van der Waals surface area contributed by atoms with Gasteiger partial charge in [0.15, 0.2) is 5.78 Å². The van der Waals surface area contributed by atoms with E-state index in [0.29, 0.717) is 5.69 Å². The Hall–Kier alpha value is -1.16. The Bertz CT molecular complexity index is 353. The first-order valence-corrected chi connectivity index (χ1v) is 4.51. The lowest BCUT2D eigenvalue weighted by molar-refractivity contribution is 0.0150. The lowest BCUT2D eigenvalue weighted by Crippen LogP contribution is -2.22. The van der Waals surface area contributed by atoms with Crippen molar-refractivity contribution >= 4 is 5.78 Å². The van der Waals surface area contributed by atoms with Crippen LogP contribution in [0.25, 0.3) is 0 Å². The smallest absolute Gasteiger partial charge is 0.180 e. The van der Waals surface area contributed by atoms with E-state index in [0.717, 1.165) is 11.5 Å². The molecule has 0 aliphatic heterocycles. The van der Waals surface area contributed by atoms with Crippen LogP contribution in [0.4, 0.5) is 0 Å². The predicted molar refractivity (Wildman–Crippen MR) is 53.4 cm³/mol. The maximum Gasteiger partial charge on any atom is 0.180 e. The first kappa shape index (κ1) is 10.9. The number of ether oxygens (including phenoxy) is 1. The highest BCUT2D eigenvalue weighted by Crippen LogP contribution is 2.25. The molecule has 4 nitrogen and oxygen atoms in total. The second-order valence-electron chi connectivity index (χ2n) is 3.82. The Labute approximate surface area is 83.7 Å². The van der Waals surface area contributed by atoms with Gasteiger partial charge >= 0.3 is 0 Å².